The number of aromatic amines is 1. The summed E-state index contributed by atoms with van der Waals surface area (Å²) in [5, 5.41) is 14.1. The van der Waals surface area contributed by atoms with Crippen LogP contribution in [0.15, 0.2) is 36.5 Å². The van der Waals surface area contributed by atoms with Crippen molar-refractivity contribution in [2.45, 2.75) is 32.0 Å². The standard InChI is InChI=1S/C27H32F2N4O4/c1-16-9-24(36-2)21(19-5-6-30-26(16)19)11-33-8-7-32(13-25(28)29)12-23(33)17-3-4-20(27(34)35)22(10-17)31-18-14-37-15-18/h3-6,9-10,18,23,25,30-31H,7-8,11-15H2,1-2H3,(H,34,35). The zero-order valence-corrected chi connectivity index (χ0v) is 21.0. The Morgan fingerprint density at radius 1 is 1.27 bits per heavy atom. The molecule has 0 radical (unpaired) electrons. The zero-order chi connectivity index (χ0) is 26.1. The van der Waals surface area contributed by atoms with Gasteiger partial charge in [-0.15, -0.1) is 0 Å². The van der Waals surface area contributed by atoms with Crippen LogP contribution in [0, 0.1) is 6.92 Å². The van der Waals surface area contributed by atoms with E-state index in [-0.39, 0.29) is 24.2 Å². The van der Waals surface area contributed by atoms with Crippen molar-refractivity contribution in [1.29, 1.82) is 0 Å². The molecule has 8 nitrogen and oxygen atoms in total. The summed E-state index contributed by atoms with van der Waals surface area (Å²) in [6.45, 7) is 4.84. The first-order chi connectivity index (χ1) is 17.8. The van der Waals surface area contributed by atoms with Crippen LogP contribution in [0.5, 0.6) is 5.75 Å². The van der Waals surface area contributed by atoms with Crippen LogP contribution in [0.2, 0.25) is 0 Å². The van der Waals surface area contributed by atoms with Crippen LogP contribution in [-0.4, -0.2) is 84.8 Å². The first-order valence-electron chi connectivity index (χ1n) is 12.4. The predicted octanol–water partition coefficient (Wildman–Crippen LogP) is 4.12. The lowest BCUT2D eigenvalue weighted by molar-refractivity contribution is 0.0209. The normalized spacial score (nSPS) is 19.3. The molecule has 37 heavy (non-hydrogen) atoms. The summed E-state index contributed by atoms with van der Waals surface area (Å²) in [4.78, 5) is 19.2. The molecule has 1 atom stereocenters. The second kappa shape index (κ2) is 10.6. The summed E-state index contributed by atoms with van der Waals surface area (Å²) in [7, 11) is 1.65. The van der Waals surface area contributed by atoms with Gasteiger partial charge in [0.1, 0.15) is 5.75 Å². The van der Waals surface area contributed by atoms with Crippen LogP contribution in [0.4, 0.5) is 14.5 Å². The van der Waals surface area contributed by atoms with Crippen LogP contribution in [0.25, 0.3) is 10.9 Å². The lowest BCUT2D eigenvalue weighted by atomic mass is 9.97. The Balaban J connectivity index is 1.51. The molecule has 3 aromatic rings. The minimum atomic E-state index is -2.42. The van der Waals surface area contributed by atoms with Gasteiger partial charge in [0, 0.05) is 60.6 Å². The van der Waals surface area contributed by atoms with Gasteiger partial charge in [-0.3, -0.25) is 9.80 Å². The van der Waals surface area contributed by atoms with E-state index >= 15 is 0 Å². The summed E-state index contributed by atoms with van der Waals surface area (Å²) in [6.07, 6.45) is -0.514. The van der Waals surface area contributed by atoms with Crippen LogP contribution in [0.3, 0.4) is 0 Å². The number of carboxylic acids is 1. The molecule has 2 aliphatic heterocycles. The molecule has 198 valence electrons. The van der Waals surface area contributed by atoms with Crippen LogP contribution < -0.4 is 10.1 Å². The average Bonchev–Trinajstić information content (AvgIpc) is 3.34. The number of ether oxygens (including phenoxy) is 2. The maximum Gasteiger partial charge on any atom is 0.337 e. The van der Waals surface area contributed by atoms with Gasteiger partial charge in [0.05, 0.1) is 38.5 Å². The molecule has 1 aromatic heterocycles. The van der Waals surface area contributed by atoms with E-state index < -0.39 is 12.4 Å². The third-order valence-electron chi connectivity index (χ3n) is 7.32. The minimum absolute atomic E-state index is 0.0461. The van der Waals surface area contributed by atoms with E-state index in [9.17, 15) is 18.7 Å². The average molecular weight is 515 g/mol. The number of hydrogen-bond donors (Lipinski definition) is 3. The number of piperazine rings is 1. The molecule has 1 unspecified atom stereocenters. The SMILES string of the molecule is COc1cc(C)c2[nH]ccc2c1CN1CCN(CC(F)F)CC1c1ccc(C(=O)O)c(NC2COC2)c1. The molecular weight excluding hydrogens is 482 g/mol. The molecule has 0 amide bonds. The van der Waals surface area contributed by atoms with Crippen molar-refractivity contribution in [2.24, 2.45) is 0 Å². The highest BCUT2D eigenvalue weighted by Crippen LogP contribution is 2.36. The van der Waals surface area contributed by atoms with Crippen molar-refractivity contribution in [3.8, 4) is 5.75 Å². The molecule has 3 heterocycles. The van der Waals surface area contributed by atoms with Crippen LogP contribution in [-0.2, 0) is 11.3 Å². The molecule has 2 aliphatic rings. The van der Waals surface area contributed by atoms with E-state index in [1.807, 2.05) is 31.3 Å². The topological polar surface area (TPSA) is 90.1 Å². The number of aryl methyl sites for hydroxylation is 1. The number of benzene rings is 2. The van der Waals surface area contributed by atoms with Gasteiger partial charge in [0.15, 0.2) is 0 Å². The molecule has 2 saturated heterocycles. The van der Waals surface area contributed by atoms with E-state index in [0.29, 0.717) is 45.1 Å². The monoisotopic (exact) mass is 514 g/mol. The number of aromatic carboxylic acids is 1. The molecule has 0 saturated carbocycles. The first-order valence-corrected chi connectivity index (χ1v) is 12.4. The van der Waals surface area contributed by atoms with Crippen molar-refractivity contribution in [3.05, 3.63) is 58.8 Å². The van der Waals surface area contributed by atoms with Gasteiger partial charge < -0.3 is 24.9 Å². The Bertz CT molecular complexity index is 1280. The Kier molecular flexibility index (Phi) is 7.32. The van der Waals surface area contributed by atoms with Gasteiger partial charge in [-0.25, -0.2) is 13.6 Å². The van der Waals surface area contributed by atoms with Gasteiger partial charge in [-0.05, 0) is 42.3 Å². The molecule has 3 N–H and O–H groups in total. The molecule has 5 rings (SSSR count). The van der Waals surface area contributed by atoms with E-state index in [2.05, 4.69) is 15.2 Å². The summed E-state index contributed by atoms with van der Waals surface area (Å²) in [5.74, 6) is -0.236. The molecule has 0 bridgehead atoms. The highest BCUT2D eigenvalue weighted by Gasteiger charge is 2.32. The number of carbonyl (C=O) groups is 1. The van der Waals surface area contributed by atoms with Crippen LogP contribution in [0.1, 0.15) is 33.1 Å². The number of aromatic nitrogens is 1. The number of H-pyrrole nitrogens is 1. The zero-order valence-electron chi connectivity index (χ0n) is 21.0. The lowest BCUT2D eigenvalue weighted by Crippen LogP contribution is -2.49. The van der Waals surface area contributed by atoms with Crippen molar-refractivity contribution in [2.75, 3.05) is 51.8 Å². The summed E-state index contributed by atoms with van der Waals surface area (Å²) in [5.41, 5.74) is 4.73. The maximum atomic E-state index is 13.3. The Morgan fingerprint density at radius 3 is 2.76 bits per heavy atom. The van der Waals surface area contributed by atoms with Crippen molar-refractivity contribution < 1.29 is 28.2 Å². The molecule has 10 heteroatoms. The quantitative estimate of drug-likeness (QED) is 0.396. The number of alkyl halides is 2. The van der Waals surface area contributed by atoms with Crippen molar-refractivity contribution in [1.82, 2.24) is 14.8 Å². The smallest absolute Gasteiger partial charge is 0.337 e. The summed E-state index contributed by atoms with van der Waals surface area (Å²) < 4.78 is 37.6. The van der Waals surface area contributed by atoms with Gasteiger partial charge in [-0.2, -0.15) is 0 Å². The number of rotatable bonds is 9. The fourth-order valence-corrected chi connectivity index (χ4v) is 5.34. The van der Waals surface area contributed by atoms with Crippen molar-refractivity contribution >= 4 is 22.6 Å². The molecule has 2 aromatic carbocycles. The predicted molar refractivity (Wildman–Crippen MR) is 137 cm³/mol. The molecule has 0 aliphatic carbocycles. The number of fused-ring (bicyclic) bond motifs is 1. The first kappa shape index (κ1) is 25.4. The second-order valence-corrected chi connectivity index (χ2v) is 9.77. The highest BCUT2D eigenvalue weighted by molar-refractivity contribution is 5.94. The fraction of sp³-hybridized carbons (Fsp3) is 0.444. The van der Waals surface area contributed by atoms with Gasteiger partial charge >= 0.3 is 5.97 Å². The highest BCUT2D eigenvalue weighted by atomic mass is 19.3. The second-order valence-electron chi connectivity index (χ2n) is 9.77. The number of nitrogens with one attached hydrogen (secondary N) is 2. The van der Waals surface area contributed by atoms with E-state index in [0.717, 1.165) is 33.3 Å². The van der Waals surface area contributed by atoms with Gasteiger partial charge in [0.25, 0.3) is 6.43 Å². The van der Waals surface area contributed by atoms with E-state index in [4.69, 9.17) is 9.47 Å². The Labute approximate surface area is 214 Å². The number of halogens is 2. The number of carboxylic acid groups (broad SMARTS) is 1. The van der Waals surface area contributed by atoms with Crippen molar-refractivity contribution in [3.63, 3.8) is 0 Å². The third kappa shape index (κ3) is 5.27. The minimum Gasteiger partial charge on any atom is -0.496 e. The summed E-state index contributed by atoms with van der Waals surface area (Å²) in [6, 6.07) is 9.13. The molecule has 2 fully saturated rings. The third-order valence-corrected chi connectivity index (χ3v) is 7.32. The number of hydrogen-bond acceptors (Lipinski definition) is 6. The molecular formula is C27H32F2N4O4. The maximum absolute atomic E-state index is 13.3. The van der Waals surface area contributed by atoms with E-state index in [1.165, 1.54) is 0 Å². The summed E-state index contributed by atoms with van der Waals surface area (Å²) >= 11 is 0. The van der Waals surface area contributed by atoms with Gasteiger partial charge in [-0.1, -0.05) is 6.07 Å². The Hall–Kier alpha value is -3.21. The fourth-order valence-electron chi connectivity index (χ4n) is 5.34. The number of methoxy groups -OCH3 is 1. The van der Waals surface area contributed by atoms with Gasteiger partial charge in [0.2, 0.25) is 0 Å². The number of anilines is 1. The largest absolute Gasteiger partial charge is 0.496 e. The van der Waals surface area contributed by atoms with E-state index in [1.54, 1.807) is 24.1 Å². The lowest BCUT2D eigenvalue weighted by Gasteiger charge is -2.42. The van der Waals surface area contributed by atoms with Crippen LogP contribution >= 0.6 is 0 Å². The Morgan fingerprint density at radius 2 is 2.08 bits per heavy atom. The number of nitrogens with zero attached hydrogens (tertiary/aromatic N) is 2. The molecule has 0 spiro atoms.